The quantitative estimate of drug-likeness (QED) is 0.582. The van der Waals surface area contributed by atoms with Crippen molar-refractivity contribution in [2.45, 2.75) is 19.8 Å². The third-order valence-corrected chi connectivity index (χ3v) is 2.48. The van der Waals surface area contributed by atoms with Crippen LogP contribution in [0.5, 0.6) is 17.2 Å². The molecule has 0 saturated heterocycles. The first kappa shape index (κ1) is 12.2. The summed E-state index contributed by atoms with van der Waals surface area (Å²) in [5, 5.41) is 36.5. The van der Waals surface area contributed by atoms with E-state index in [2.05, 4.69) is 0 Å². The smallest absolute Gasteiger partial charge is 0.306 e. The molecule has 0 amide bonds. The minimum atomic E-state index is -0.900. The van der Waals surface area contributed by atoms with E-state index in [9.17, 15) is 15.0 Å². The summed E-state index contributed by atoms with van der Waals surface area (Å²) in [5.74, 6) is -2.77. The Bertz CT molecular complexity index is 400. The van der Waals surface area contributed by atoms with Crippen molar-refractivity contribution < 1.29 is 25.2 Å². The number of phenols is 3. The molecule has 0 spiro atoms. The first-order valence-electron chi connectivity index (χ1n) is 4.89. The van der Waals surface area contributed by atoms with E-state index in [-0.39, 0.29) is 0 Å². The summed E-state index contributed by atoms with van der Waals surface area (Å²) in [6.45, 7) is 1.57. The molecular formula is C11H14O5. The molecule has 0 radical (unpaired) electrons. The molecule has 0 aliphatic heterocycles. The molecule has 16 heavy (non-hydrogen) atoms. The average molecular weight is 226 g/mol. The number of hydrogen-bond acceptors (Lipinski definition) is 4. The fraction of sp³-hybridized carbons (Fsp3) is 0.364. The Kier molecular flexibility index (Phi) is 3.60. The number of aryl methyl sites for hydroxylation is 1. The standard InChI is InChI=1S/C11H14O5/c1-6(11(15)16)2-3-7-4-5-8(12)10(14)9(7)13/h4-6,12-14H,2-3H2,1H3,(H,15,16). The van der Waals surface area contributed by atoms with Gasteiger partial charge in [-0.2, -0.15) is 0 Å². The van der Waals surface area contributed by atoms with Gasteiger partial charge in [0.25, 0.3) is 0 Å². The molecule has 1 unspecified atom stereocenters. The van der Waals surface area contributed by atoms with Crippen LogP contribution in [-0.4, -0.2) is 26.4 Å². The van der Waals surface area contributed by atoms with E-state index in [0.717, 1.165) is 0 Å². The lowest BCUT2D eigenvalue weighted by Crippen LogP contribution is -2.10. The van der Waals surface area contributed by atoms with Crippen LogP contribution in [0, 0.1) is 5.92 Å². The zero-order valence-electron chi connectivity index (χ0n) is 8.84. The van der Waals surface area contributed by atoms with Crippen molar-refractivity contribution in [3.05, 3.63) is 17.7 Å². The third-order valence-electron chi connectivity index (χ3n) is 2.48. The monoisotopic (exact) mass is 226 g/mol. The molecular weight excluding hydrogens is 212 g/mol. The molecule has 0 aliphatic rings. The molecule has 4 N–H and O–H groups in total. The zero-order chi connectivity index (χ0) is 12.3. The van der Waals surface area contributed by atoms with E-state index >= 15 is 0 Å². The summed E-state index contributed by atoms with van der Waals surface area (Å²) in [6.07, 6.45) is 0.681. The van der Waals surface area contributed by atoms with Crippen LogP contribution in [0.15, 0.2) is 12.1 Å². The first-order chi connectivity index (χ1) is 7.43. The van der Waals surface area contributed by atoms with Gasteiger partial charge < -0.3 is 20.4 Å². The summed E-state index contributed by atoms with van der Waals surface area (Å²) in [6, 6.07) is 2.72. The van der Waals surface area contributed by atoms with Crippen LogP contribution in [-0.2, 0) is 11.2 Å². The maximum atomic E-state index is 10.6. The number of carboxylic acid groups (broad SMARTS) is 1. The zero-order valence-corrected chi connectivity index (χ0v) is 8.84. The van der Waals surface area contributed by atoms with Gasteiger partial charge in [-0.15, -0.1) is 0 Å². The van der Waals surface area contributed by atoms with Crippen LogP contribution in [0.3, 0.4) is 0 Å². The SMILES string of the molecule is CC(CCc1ccc(O)c(O)c1O)C(=O)O. The van der Waals surface area contributed by atoms with Crippen molar-refractivity contribution in [3.8, 4) is 17.2 Å². The number of carboxylic acids is 1. The topological polar surface area (TPSA) is 98.0 Å². The van der Waals surface area contributed by atoms with Gasteiger partial charge in [-0.3, -0.25) is 4.79 Å². The average Bonchev–Trinajstić information content (AvgIpc) is 2.24. The molecule has 88 valence electrons. The molecule has 5 heteroatoms. The molecule has 5 nitrogen and oxygen atoms in total. The highest BCUT2D eigenvalue weighted by Gasteiger charge is 2.14. The van der Waals surface area contributed by atoms with Gasteiger partial charge in [0, 0.05) is 0 Å². The van der Waals surface area contributed by atoms with Crippen LogP contribution in [0.1, 0.15) is 18.9 Å². The van der Waals surface area contributed by atoms with Crippen molar-refractivity contribution in [1.29, 1.82) is 0 Å². The van der Waals surface area contributed by atoms with Gasteiger partial charge >= 0.3 is 5.97 Å². The minimum Gasteiger partial charge on any atom is -0.504 e. The summed E-state index contributed by atoms with van der Waals surface area (Å²) in [5.41, 5.74) is 0.420. The molecule has 0 aromatic heterocycles. The molecule has 0 heterocycles. The Labute approximate surface area is 92.6 Å². The van der Waals surface area contributed by atoms with Gasteiger partial charge in [0.2, 0.25) is 5.75 Å². The number of aliphatic carboxylic acids is 1. The first-order valence-corrected chi connectivity index (χ1v) is 4.89. The number of rotatable bonds is 4. The van der Waals surface area contributed by atoms with Gasteiger partial charge in [-0.25, -0.2) is 0 Å². The molecule has 0 bridgehead atoms. The molecule has 0 aliphatic carbocycles. The highest BCUT2D eigenvalue weighted by atomic mass is 16.4. The van der Waals surface area contributed by atoms with Crippen molar-refractivity contribution in [2.75, 3.05) is 0 Å². The number of phenolic OH excluding ortho intramolecular Hbond substituents is 3. The van der Waals surface area contributed by atoms with Crippen molar-refractivity contribution in [1.82, 2.24) is 0 Å². The van der Waals surface area contributed by atoms with Crippen LogP contribution in [0.25, 0.3) is 0 Å². The van der Waals surface area contributed by atoms with Gasteiger partial charge in [-0.05, 0) is 24.5 Å². The van der Waals surface area contributed by atoms with Gasteiger partial charge in [0.15, 0.2) is 11.5 Å². The van der Waals surface area contributed by atoms with Crippen molar-refractivity contribution in [2.24, 2.45) is 5.92 Å². The van der Waals surface area contributed by atoms with E-state index < -0.39 is 29.1 Å². The normalized spacial score (nSPS) is 12.3. The molecule has 1 atom stereocenters. The Morgan fingerprint density at radius 2 is 1.88 bits per heavy atom. The van der Waals surface area contributed by atoms with E-state index in [1.165, 1.54) is 12.1 Å². The van der Waals surface area contributed by atoms with E-state index in [1.807, 2.05) is 0 Å². The van der Waals surface area contributed by atoms with Gasteiger partial charge in [0.1, 0.15) is 0 Å². The molecule has 1 aromatic rings. The Morgan fingerprint density at radius 1 is 1.25 bits per heavy atom. The highest BCUT2D eigenvalue weighted by Crippen LogP contribution is 2.37. The summed E-state index contributed by atoms with van der Waals surface area (Å²) >= 11 is 0. The molecule has 0 fully saturated rings. The van der Waals surface area contributed by atoms with Crippen LogP contribution in [0.2, 0.25) is 0 Å². The summed E-state index contributed by atoms with van der Waals surface area (Å²) in [4.78, 5) is 10.6. The van der Waals surface area contributed by atoms with Crippen LogP contribution >= 0.6 is 0 Å². The Morgan fingerprint density at radius 3 is 2.44 bits per heavy atom. The summed E-state index contributed by atoms with van der Waals surface area (Å²) in [7, 11) is 0. The number of aromatic hydroxyl groups is 3. The lowest BCUT2D eigenvalue weighted by molar-refractivity contribution is -0.141. The predicted molar refractivity (Wildman–Crippen MR) is 56.6 cm³/mol. The third kappa shape index (κ3) is 2.56. The molecule has 0 saturated carbocycles. The summed E-state index contributed by atoms with van der Waals surface area (Å²) < 4.78 is 0. The van der Waals surface area contributed by atoms with Crippen molar-refractivity contribution >= 4 is 5.97 Å². The predicted octanol–water partition coefficient (Wildman–Crippen LogP) is 1.46. The Balaban J connectivity index is 2.75. The van der Waals surface area contributed by atoms with Crippen LogP contribution < -0.4 is 0 Å². The molecule has 1 aromatic carbocycles. The van der Waals surface area contributed by atoms with Crippen LogP contribution in [0.4, 0.5) is 0 Å². The fourth-order valence-electron chi connectivity index (χ4n) is 1.31. The van der Waals surface area contributed by atoms with E-state index in [4.69, 9.17) is 10.2 Å². The van der Waals surface area contributed by atoms with E-state index in [0.29, 0.717) is 18.4 Å². The lowest BCUT2D eigenvalue weighted by Gasteiger charge is -2.09. The second kappa shape index (κ2) is 4.74. The number of benzene rings is 1. The Hall–Kier alpha value is -1.91. The number of carbonyl (C=O) groups is 1. The molecule has 1 rings (SSSR count). The lowest BCUT2D eigenvalue weighted by atomic mass is 10.0. The maximum Gasteiger partial charge on any atom is 0.306 e. The second-order valence-corrected chi connectivity index (χ2v) is 3.72. The largest absolute Gasteiger partial charge is 0.504 e. The van der Waals surface area contributed by atoms with Gasteiger partial charge in [0.05, 0.1) is 5.92 Å². The maximum absolute atomic E-state index is 10.6. The fourth-order valence-corrected chi connectivity index (χ4v) is 1.31. The van der Waals surface area contributed by atoms with Crippen molar-refractivity contribution in [3.63, 3.8) is 0 Å². The minimum absolute atomic E-state index is 0.327. The van der Waals surface area contributed by atoms with Gasteiger partial charge in [-0.1, -0.05) is 13.0 Å². The highest BCUT2D eigenvalue weighted by molar-refractivity contribution is 5.69. The second-order valence-electron chi connectivity index (χ2n) is 3.72. The van der Waals surface area contributed by atoms with E-state index in [1.54, 1.807) is 6.92 Å². The number of hydrogen-bond donors (Lipinski definition) is 4.